The van der Waals surface area contributed by atoms with E-state index in [-0.39, 0.29) is 0 Å². The fourth-order valence-corrected chi connectivity index (χ4v) is 1.94. The lowest BCUT2D eigenvalue weighted by molar-refractivity contribution is 0.307. The topological polar surface area (TPSA) is 48.1 Å². The number of anilines is 1. The van der Waals surface area contributed by atoms with E-state index in [0.29, 0.717) is 23.1 Å². The van der Waals surface area contributed by atoms with Gasteiger partial charge in [-0.15, -0.1) is 0 Å². The van der Waals surface area contributed by atoms with Crippen molar-refractivity contribution in [3.05, 3.63) is 51.7 Å². The van der Waals surface area contributed by atoms with E-state index in [1.807, 2.05) is 6.07 Å². The van der Waals surface area contributed by atoms with E-state index < -0.39 is 0 Å². The molecule has 1 heterocycles. The summed E-state index contributed by atoms with van der Waals surface area (Å²) in [4.78, 5) is 4.05. The summed E-state index contributed by atoms with van der Waals surface area (Å²) in [7, 11) is 0. The summed E-state index contributed by atoms with van der Waals surface area (Å²) in [6.07, 6.45) is 3.47. The molecule has 0 aliphatic rings. The lowest BCUT2D eigenvalue weighted by atomic mass is 10.3. The van der Waals surface area contributed by atoms with Crippen molar-refractivity contribution in [1.29, 1.82) is 0 Å². The molecule has 0 spiro atoms. The first-order valence-electron chi connectivity index (χ1n) is 4.92. The SMILES string of the molecule is Nc1cc(Cl)ccc1OCc1cncc(Br)c1. The van der Waals surface area contributed by atoms with Crippen molar-refractivity contribution in [3.63, 3.8) is 0 Å². The van der Waals surface area contributed by atoms with Gasteiger partial charge in [0.2, 0.25) is 0 Å². The average molecular weight is 314 g/mol. The quantitative estimate of drug-likeness (QED) is 0.880. The first-order chi connectivity index (χ1) is 8.15. The van der Waals surface area contributed by atoms with Gasteiger partial charge in [-0.3, -0.25) is 4.98 Å². The number of ether oxygens (including phenoxy) is 1. The lowest BCUT2D eigenvalue weighted by Crippen LogP contribution is -1.99. The molecule has 0 saturated carbocycles. The Morgan fingerprint density at radius 2 is 2.12 bits per heavy atom. The Morgan fingerprint density at radius 1 is 1.29 bits per heavy atom. The Balaban J connectivity index is 2.07. The zero-order valence-corrected chi connectivity index (χ0v) is 11.2. The lowest BCUT2D eigenvalue weighted by Gasteiger charge is -2.09. The van der Waals surface area contributed by atoms with Crippen LogP contribution in [-0.2, 0) is 6.61 Å². The normalized spacial score (nSPS) is 10.2. The van der Waals surface area contributed by atoms with Crippen LogP contribution in [0.3, 0.4) is 0 Å². The molecule has 0 saturated heterocycles. The van der Waals surface area contributed by atoms with Crippen LogP contribution in [0, 0.1) is 0 Å². The van der Waals surface area contributed by atoms with Crippen LogP contribution in [-0.4, -0.2) is 4.98 Å². The van der Waals surface area contributed by atoms with E-state index in [0.717, 1.165) is 10.0 Å². The predicted octanol–water partition coefficient (Wildman–Crippen LogP) is 3.66. The molecule has 3 nitrogen and oxygen atoms in total. The number of nitrogens with zero attached hydrogens (tertiary/aromatic N) is 1. The van der Waals surface area contributed by atoms with Gasteiger partial charge in [-0.25, -0.2) is 0 Å². The molecular weight excluding hydrogens is 304 g/mol. The van der Waals surface area contributed by atoms with Gasteiger partial charge in [-0.2, -0.15) is 0 Å². The van der Waals surface area contributed by atoms with Crippen molar-refractivity contribution < 1.29 is 4.74 Å². The van der Waals surface area contributed by atoms with E-state index in [4.69, 9.17) is 22.1 Å². The van der Waals surface area contributed by atoms with Gasteiger partial charge in [0.15, 0.2) is 0 Å². The van der Waals surface area contributed by atoms with Crippen molar-refractivity contribution in [2.24, 2.45) is 0 Å². The van der Waals surface area contributed by atoms with Crippen LogP contribution in [0.1, 0.15) is 5.56 Å². The maximum atomic E-state index is 5.80. The molecular formula is C12H10BrClN2O. The van der Waals surface area contributed by atoms with Crippen LogP contribution in [0.15, 0.2) is 41.1 Å². The summed E-state index contributed by atoms with van der Waals surface area (Å²) < 4.78 is 6.51. The fourth-order valence-electron chi connectivity index (χ4n) is 1.35. The predicted molar refractivity (Wildman–Crippen MR) is 72.1 cm³/mol. The molecule has 88 valence electrons. The number of hydrogen-bond donors (Lipinski definition) is 1. The van der Waals surface area contributed by atoms with Crippen molar-refractivity contribution in [2.75, 3.05) is 5.73 Å². The van der Waals surface area contributed by atoms with Crippen molar-refractivity contribution >= 4 is 33.2 Å². The molecule has 0 fully saturated rings. The third-order valence-electron chi connectivity index (χ3n) is 2.13. The molecule has 1 aromatic heterocycles. The second-order valence-electron chi connectivity index (χ2n) is 3.48. The van der Waals surface area contributed by atoms with E-state index in [9.17, 15) is 0 Å². The molecule has 0 amide bonds. The first kappa shape index (κ1) is 12.2. The van der Waals surface area contributed by atoms with E-state index in [1.54, 1.807) is 30.6 Å². The summed E-state index contributed by atoms with van der Waals surface area (Å²) in [5, 5.41) is 0.596. The highest BCUT2D eigenvalue weighted by Crippen LogP contribution is 2.25. The average Bonchev–Trinajstić information content (AvgIpc) is 2.28. The number of nitrogens with two attached hydrogens (primary N) is 1. The first-order valence-corrected chi connectivity index (χ1v) is 6.09. The second-order valence-corrected chi connectivity index (χ2v) is 4.83. The number of halogens is 2. The highest BCUT2D eigenvalue weighted by atomic mass is 79.9. The largest absolute Gasteiger partial charge is 0.487 e. The molecule has 17 heavy (non-hydrogen) atoms. The standard InChI is InChI=1S/C12H10BrClN2O/c13-9-3-8(5-16-6-9)7-17-12-2-1-10(14)4-11(12)15/h1-6H,7,15H2. The number of aromatic nitrogens is 1. The molecule has 0 aliphatic heterocycles. The van der Waals surface area contributed by atoms with Gasteiger partial charge in [0.05, 0.1) is 5.69 Å². The minimum absolute atomic E-state index is 0.415. The Morgan fingerprint density at radius 3 is 2.82 bits per heavy atom. The van der Waals surface area contributed by atoms with Crippen LogP contribution in [0.2, 0.25) is 5.02 Å². The van der Waals surface area contributed by atoms with E-state index >= 15 is 0 Å². The maximum Gasteiger partial charge on any atom is 0.142 e. The summed E-state index contributed by atoms with van der Waals surface area (Å²) in [5.74, 6) is 0.620. The monoisotopic (exact) mass is 312 g/mol. The third-order valence-corrected chi connectivity index (χ3v) is 2.80. The molecule has 5 heteroatoms. The van der Waals surface area contributed by atoms with Gasteiger partial charge in [0.1, 0.15) is 12.4 Å². The second kappa shape index (κ2) is 5.38. The number of hydrogen-bond acceptors (Lipinski definition) is 3. The summed E-state index contributed by atoms with van der Waals surface area (Å²) in [6.45, 7) is 0.415. The smallest absolute Gasteiger partial charge is 0.142 e. The Labute approximate surface area is 113 Å². The van der Waals surface area contributed by atoms with Crippen LogP contribution < -0.4 is 10.5 Å². The fraction of sp³-hybridized carbons (Fsp3) is 0.0833. The van der Waals surface area contributed by atoms with Gasteiger partial charge in [0, 0.05) is 27.5 Å². The van der Waals surface area contributed by atoms with Gasteiger partial charge in [0.25, 0.3) is 0 Å². The van der Waals surface area contributed by atoms with Gasteiger partial charge in [-0.05, 0) is 40.2 Å². The molecule has 0 atom stereocenters. The van der Waals surface area contributed by atoms with Crippen LogP contribution in [0.4, 0.5) is 5.69 Å². The highest BCUT2D eigenvalue weighted by molar-refractivity contribution is 9.10. The molecule has 0 radical (unpaired) electrons. The van der Waals surface area contributed by atoms with Crippen molar-refractivity contribution in [3.8, 4) is 5.75 Å². The Kier molecular flexibility index (Phi) is 3.86. The molecule has 2 N–H and O–H groups in total. The molecule has 0 bridgehead atoms. The number of benzene rings is 1. The van der Waals surface area contributed by atoms with Crippen LogP contribution in [0.25, 0.3) is 0 Å². The third kappa shape index (κ3) is 3.35. The number of rotatable bonds is 3. The van der Waals surface area contributed by atoms with Crippen molar-refractivity contribution in [1.82, 2.24) is 4.98 Å². The summed E-state index contributed by atoms with van der Waals surface area (Å²) in [6, 6.07) is 7.10. The Bertz CT molecular complexity index is 534. The zero-order chi connectivity index (χ0) is 12.3. The van der Waals surface area contributed by atoms with Gasteiger partial charge < -0.3 is 10.5 Å². The molecule has 0 unspecified atom stereocenters. The van der Waals surface area contributed by atoms with Crippen LogP contribution >= 0.6 is 27.5 Å². The number of pyridine rings is 1. The zero-order valence-electron chi connectivity index (χ0n) is 8.86. The van der Waals surface area contributed by atoms with Gasteiger partial charge in [-0.1, -0.05) is 11.6 Å². The Hall–Kier alpha value is -1.26. The molecule has 2 aromatic rings. The minimum atomic E-state index is 0.415. The summed E-state index contributed by atoms with van der Waals surface area (Å²) in [5.41, 5.74) is 7.28. The highest BCUT2D eigenvalue weighted by Gasteiger charge is 2.02. The molecule has 0 aliphatic carbocycles. The summed E-state index contributed by atoms with van der Waals surface area (Å²) >= 11 is 9.16. The van der Waals surface area contributed by atoms with Crippen molar-refractivity contribution in [2.45, 2.75) is 6.61 Å². The molecule has 1 aromatic carbocycles. The minimum Gasteiger partial charge on any atom is -0.487 e. The number of nitrogen functional groups attached to an aromatic ring is 1. The van der Waals surface area contributed by atoms with Crippen LogP contribution in [0.5, 0.6) is 5.75 Å². The maximum absolute atomic E-state index is 5.80. The molecule has 2 rings (SSSR count). The van der Waals surface area contributed by atoms with E-state index in [2.05, 4.69) is 20.9 Å². The van der Waals surface area contributed by atoms with Gasteiger partial charge >= 0.3 is 0 Å². The van der Waals surface area contributed by atoms with E-state index in [1.165, 1.54) is 0 Å².